The first kappa shape index (κ1) is 14.4. The van der Waals surface area contributed by atoms with Gasteiger partial charge in [0.2, 0.25) is 0 Å². The molecule has 3 rings (SSSR count). The molecular formula is C17H24N2O2. The van der Waals surface area contributed by atoms with E-state index in [-0.39, 0.29) is 11.9 Å². The highest BCUT2D eigenvalue weighted by Gasteiger charge is 2.23. The Hall–Kier alpha value is -1.55. The first-order chi connectivity index (χ1) is 10.2. The molecule has 0 aromatic heterocycles. The minimum absolute atomic E-state index is 0.00397. The Morgan fingerprint density at radius 2 is 2.05 bits per heavy atom. The average molecular weight is 288 g/mol. The number of piperidine rings is 1. The molecule has 1 heterocycles. The molecule has 2 aliphatic rings. The molecule has 1 amide bonds. The Kier molecular flexibility index (Phi) is 4.44. The molecule has 2 N–H and O–H groups in total. The Bertz CT molecular complexity index is 482. The summed E-state index contributed by atoms with van der Waals surface area (Å²) in [5.74, 6) is 2.13. The van der Waals surface area contributed by atoms with Crippen molar-refractivity contribution in [2.75, 3.05) is 19.7 Å². The summed E-state index contributed by atoms with van der Waals surface area (Å²) < 4.78 is 5.69. The van der Waals surface area contributed by atoms with Gasteiger partial charge >= 0.3 is 0 Å². The zero-order chi connectivity index (χ0) is 14.7. The summed E-state index contributed by atoms with van der Waals surface area (Å²) in [6.07, 6.45) is 3.68. The molecule has 4 nitrogen and oxygen atoms in total. The fourth-order valence-electron chi connectivity index (χ4n) is 2.64. The maximum Gasteiger partial charge on any atom is 0.251 e. The predicted octanol–water partition coefficient (Wildman–Crippen LogP) is 2.20. The normalized spacial score (nSPS) is 25.4. The zero-order valence-electron chi connectivity index (χ0n) is 12.6. The Morgan fingerprint density at radius 3 is 2.71 bits per heavy atom. The highest BCUT2D eigenvalue weighted by atomic mass is 16.5. The number of carbonyl (C=O) groups is 1. The SMILES string of the molecule is CC1CCNCC1NC(=O)c1ccc(OCC2CC2)cc1. The van der Waals surface area contributed by atoms with Crippen LogP contribution in [0.25, 0.3) is 0 Å². The number of amides is 1. The van der Waals surface area contributed by atoms with Gasteiger partial charge in [0.25, 0.3) is 5.91 Å². The van der Waals surface area contributed by atoms with Crippen LogP contribution in [-0.4, -0.2) is 31.6 Å². The smallest absolute Gasteiger partial charge is 0.251 e. The fraction of sp³-hybridized carbons (Fsp3) is 0.588. The second-order valence-corrected chi connectivity index (χ2v) is 6.33. The molecule has 1 aliphatic heterocycles. The highest BCUT2D eigenvalue weighted by molar-refractivity contribution is 5.94. The number of benzene rings is 1. The predicted molar refractivity (Wildman–Crippen MR) is 82.6 cm³/mol. The van der Waals surface area contributed by atoms with Gasteiger partial charge in [-0.25, -0.2) is 0 Å². The standard InChI is InChI=1S/C17H24N2O2/c1-12-8-9-18-10-16(12)19-17(20)14-4-6-15(7-5-14)21-11-13-2-3-13/h4-7,12-13,16,18H,2-3,8-11H2,1H3,(H,19,20). The van der Waals surface area contributed by atoms with Crippen LogP contribution in [0.1, 0.15) is 36.5 Å². The van der Waals surface area contributed by atoms with Crippen molar-refractivity contribution in [2.24, 2.45) is 11.8 Å². The molecule has 0 bridgehead atoms. The number of carbonyl (C=O) groups excluding carboxylic acids is 1. The monoisotopic (exact) mass is 288 g/mol. The van der Waals surface area contributed by atoms with E-state index in [2.05, 4.69) is 17.6 Å². The van der Waals surface area contributed by atoms with Gasteiger partial charge in [-0.3, -0.25) is 4.79 Å². The van der Waals surface area contributed by atoms with Gasteiger partial charge in [0.05, 0.1) is 6.61 Å². The molecule has 1 saturated heterocycles. The van der Waals surface area contributed by atoms with E-state index in [9.17, 15) is 4.79 Å². The van der Waals surface area contributed by atoms with Crippen LogP contribution in [0.15, 0.2) is 24.3 Å². The topological polar surface area (TPSA) is 50.4 Å². The van der Waals surface area contributed by atoms with Gasteiger partial charge < -0.3 is 15.4 Å². The van der Waals surface area contributed by atoms with E-state index in [0.717, 1.165) is 37.8 Å². The molecule has 1 aromatic carbocycles. The van der Waals surface area contributed by atoms with Gasteiger partial charge in [-0.1, -0.05) is 6.92 Å². The van der Waals surface area contributed by atoms with E-state index < -0.39 is 0 Å². The van der Waals surface area contributed by atoms with Gasteiger partial charge in [0, 0.05) is 18.2 Å². The number of rotatable bonds is 5. The van der Waals surface area contributed by atoms with Crippen molar-refractivity contribution in [2.45, 2.75) is 32.2 Å². The minimum Gasteiger partial charge on any atom is -0.493 e. The Balaban J connectivity index is 1.53. The lowest BCUT2D eigenvalue weighted by Gasteiger charge is -2.30. The molecule has 2 fully saturated rings. The van der Waals surface area contributed by atoms with Crippen LogP contribution in [0.2, 0.25) is 0 Å². The van der Waals surface area contributed by atoms with Crippen LogP contribution in [0.3, 0.4) is 0 Å². The second-order valence-electron chi connectivity index (χ2n) is 6.33. The summed E-state index contributed by atoms with van der Waals surface area (Å²) >= 11 is 0. The summed E-state index contributed by atoms with van der Waals surface area (Å²) in [7, 11) is 0. The van der Waals surface area contributed by atoms with Crippen LogP contribution >= 0.6 is 0 Å². The lowest BCUT2D eigenvalue weighted by molar-refractivity contribution is 0.0915. The summed E-state index contributed by atoms with van der Waals surface area (Å²) in [5, 5.41) is 6.45. The number of nitrogens with one attached hydrogen (secondary N) is 2. The van der Waals surface area contributed by atoms with Crippen LogP contribution in [-0.2, 0) is 0 Å². The van der Waals surface area contributed by atoms with Gasteiger partial charge in [-0.15, -0.1) is 0 Å². The molecule has 2 atom stereocenters. The summed E-state index contributed by atoms with van der Waals surface area (Å²) in [5.41, 5.74) is 0.701. The molecular weight excluding hydrogens is 264 g/mol. The average Bonchev–Trinajstić information content (AvgIpc) is 3.32. The van der Waals surface area contributed by atoms with Crippen molar-refractivity contribution in [3.63, 3.8) is 0 Å². The molecule has 21 heavy (non-hydrogen) atoms. The maximum absolute atomic E-state index is 12.3. The van der Waals surface area contributed by atoms with E-state index in [1.807, 2.05) is 24.3 Å². The molecule has 0 radical (unpaired) electrons. The van der Waals surface area contributed by atoms with Crippen molar-refractivity contribution in [3.8, 4) is 5.75 Å². The summed E-state index contributed by atoms with van der Waals surface area (Å²) in [6, 6.07) is 7.69. The Labute approximate surface area is 126 Å². The Morgan fingerprint density at radius 1 is 1.29 bits per heavy atom. The number of hydrogen-bond acceptors (Lipinski definition) is 3. The second kappa shape index (κ2) is 6.48. The first-order valence-electron chi connectivity index (χ1n) is 7.97. The maximum atomic E-state index is 12.3. The highest BCUT2D eigenvalue weighted by Crippen LogP contribution is 2.29. The molecule has 1 saturated carbocycles. The van der Waals surface area contributed by atoms with E-state index in [0.29, 0.717) is 11.5 Å². The van der Waals surface area contributed by atoms with Crippen molar-refractivity contribution in [1.29, 1.82) is 0 Å². The van der Waals surface area contributed by atoms with Crippen LogP contribution in [0.4, 0.5) is 0 Å². The van der Waals surface area contributed by atoms with Crippen molar-refractivity contribution in [1.82, 2.24) is 10.6 Å². The third kappa shape index (κ3) is 3.97. The van der Waals surface area contributed by atoms with Crippen molar-refractivity contribution in [3.05, 3.63) is 29.8 Å². The lowest BCUT2D eigenvalue weighted by Crippen LogP contribution is -2.50. The van der Waals surface area contributed by atoms with E-state index in [1.54, 1.807) is 0 Å². The minimum atomic E-state index is 0.00397. The molecule has 1 aliphatic carbocycles. The third-order valence-corrected chi connectivity index (χ3v) is 4.44. The van der Waals surface area contributed by atoms with E-state index in [4.69, 9.17) is 4.74 Å². The van der Waals surface area contributed by atoms with Gasteiger partial charge in [0.1, 0.15) is 5.75 Å². The zero-order valence-corrected chi connectivity index (χ0v) is 12.6. The largest absolute Gasteiger partial charge is 0.493 e. The quantitative estimate of drug-likeness (QED) is 0.873. The van der Waals surface area contributed by atoms with Gasteiger partial charge in [-0.2, -0.15) is 0 Å². The van der Waals surface area contributed by atoms with Crippen molar-refractivity contribution < 1.29 is 9.53 Å². The molecule has 114 valence electrons. The van der Waals surface area contributed by atoms with Crippen molar-refractivity contribution >= 4 is 5.91 Å². The third-order valence-electron chi connectivity index (χ3n) is 4.44. The van der Waals surface area contributed by atoms with Crippen LogP contribution in [0, 0.1) is 11.8 Å². The van der Waals surface area contributed by atoms with E-state index in [1.165, 1.54) is 12.8 Å². The summed E-state index contributed by atoms with van der Waals surface area (Å²) in [6.45, 7) is 4.90. The summed E-state index contributed by atoms with van der Waals surface area (Å²) in [4.78, 5) is 12.3. The first-order valence-corrected chi connectivity index (χ1v) is 7.97. The molecule has 0 spiro atoms. The molecule has 1 aromatic rings. The van der Waals surface area contributed by atoms with Gasteiger partial charge in [-0.05, 0) is 61.9 Å². The fourth-order valence-corrected chi connectivity index (χ4v) is 2.64. The van der Waals surface area contributed by atoms with Gasteiger partial charge in [0.15, 0.2) is 0 Å². The van der Waals surface area contributed by atoms with E-state index >= 15 is 0 Å². The number of hydrogen-bond donors (Lipinski definition) is 2. The molecule has 2 unspecified atom stereocenters. The van der Waals surface area contributed by atoms with Crippen LogP contribution in [0.5, 0.6) is 5.75 Å². The molecule has 4 heteroatoms. The number of ether oxygens (including phenoxy) is 1. The lowest BCUT2D eigenvalue weighted by atomic mass is 9.94. The van der Waals surface area contributed by atoms with Crippen LogP contribution < -0.4 is 15.4 Å².